The van der Waals surface area contributed by atoms with E-state index in [0.717, 1.165) is 36.5 Å². The third-order valence-electron chi connectivity index (χ3n) is 4.31. The summed E-state index contributed by atoms with van der Waals surface area (Å²) in [4.78, 5) is 14.4. The normalized spacial score (nSPS) is 10.8. The van der Waals surface area contributed by atoms with E-state index < -0.39 is 0 Å². The lowest BCUT2D eigenvalue weighted by Crippen LogP contribution is -2.22. The predicted molar refractivity (Wildman–Crippen MR) is 104 cm³/mol. The van der Waals surface area contributed by atoms with Crippen molar-refractivity contribution in [3.63, 3.8) is 0 Å². The third-order valence-corrected chi connectivity index (χ3v) is 4.31. The highest BCUT2D eigenvalue weighted by Gasteiger charge is 2.06. The molecule has 2 aromatic carbocycles. The highest BCUT2D eigenvalue weighted by atomic mass is 16.5. The number of carbonyl (C=O) groups is 1. The second-order valence-electron chi connectivity index (χ2n) is 6.19. The highest BCUT2D eigenvalue weighted by molar-refractivity contribution is 5.72. The molecule has 2 aromatic rings. The van der Waals surface area contributed by atoms with E-state index >= 15 is 0 Å². The quantitative estimate of drug-likeness (QED) is 0.598. The molecule has 0 N–H and O–H groups in total. The molecule has 0 aliphatic carbocycles. The average molecular weight is 355 g/mol. The Labute approximate surface area is 156 Å². The first-order valence-corrected chi connectivity index (χ1v) is 9.32. The monoisotopic (exact) mass is 355 g/mol. The average Bonchev–Trinajstić information content (AvgIpc) is 2.67. The lowest BCUT2D eigenvalue weighted by atomic mass is 10.1. The molecule has 0 aliphatic rings. The summed E-state index contributed by atoms with van der Waals surface area (Å²) in [6.07, 6.45) is 0.270. The molecule has 140 valence electrons. The van der Waals surface area contributed by atoms with Crippen LogP contribution in [0.5, 0.6) is 5.75 Å². The van der Waals surface area contributed by atoms with Crippen molar-refractivity contribution in [2.45, 2.75) is 40.3 Å². The molecule has 26 heavy (non-hydrogen) atoms. The van der Waals surface area contributed by atoms with Crippen molar-refractivity contribution in [3.05, 3.63) is 65.2 Å². The van der Waals surface area contributed by atoms with Gasteiger partial charge in [-0.25, -0.2) is 0 Å². The van der Waals surface area contributed by atoms with Crippen LogP contribution in [-0.4, -0.2) is 30.6 Å². The Kier molecular flexibility index (Phi) is 8.16. The molecule has 0 unspecified atom stereocenters. The predicted octanol–water partition coefficient (Wildman–Crippen LogP) is 4.21. The molecule has 0 bridgehead atoms. The summed E-state index contributed by atoms with van der Waals surface area (Å²) in [5, 5.41) is 0. The standard InChI is InChI=1S/C22H29NO3/c1-4-23(5-2)16-19-7-9-20(10-8-19)17-26-22(24)15-18-11-13-21(14-12-18)25-6-3/h7-14H,4-6,15-17H2,1-3H3. The van der Waals surface area contributed by atoms with Crippen molar-refractivity contribution in [3.8, 4) is 5.75 Å². The third kappa shape index (κ3) is 6.52. The molecule has 2 rings (SSSR count). The Morgan fingerprint density at radius 2 is 1.42 bits per heavy atom. The fourth-order valence-corrected chi connectivity index (χ4v) is 2.70. The van der Waals surface area contributed by atoms with Gasteiger partial charge in [0.2, 0.25) is 0 Å². The molecule has 4 heteroatoms. The molecule has 0 atom stereocenters. The Balaban J connectivity index is 1.79. The zero-order valence-electron chi connectivity index (χ0n) is 16.0. The molecule has 0 aliphatic heterocycles. The molecule has 0 saturated carbocycles. The summed E-state index contributed by atoms with van der Waals surface area (Å²) in [6.45, 7) is 10.3. The minimum Gasteiger partial charge on any atom is -0.494 e. The summed E-state index contributed by atoms with van der Waals surface area (Å²) < 4.78 is 10.8. The first-order chi connectivity index (χ1) is 12.6. The van der Waals surface area contributed by atoms with Crippen LogP contribution >= 0.6 is 0 Å². The van der Waals surface area contributed by atoms with Crippen LogP contribution in [0.15, 0.2) is 48.5 Å². The maximum absolute atomic E-state index is 12.0. The van der Waals surface area contributed by atoms with E-state index in [1.54, 1.807) is 0 Å². The first-order valence-electron chi connectivity index (χ1n) is 9.32. The van der Waals surface area contributed by atoms with E-state index in [-0.39, 0.29) is 12.4 Å². The summed E-state index contributed by atoms with van der Waals surface area (Å²) in [5.74, 6) is 0.593. The fraction of sp³-hybridized carbons (Fsp3) is 0.409. The number of nitrogens with zero attached hydrogens (tertiary/aromatic N) is 1. The number of hydrogen-bond acceptors (Lipinski definition) is 4. The molecule has 0 aromatic heterocycles. The van der Waals surface area contributed by atoms with Crippen LogP contribution in [0, 0.1) is 0 Å². The number of rotatable bonds is 10. The Morgan fingerprint density at radius 1 is 0.846 bits per heavy atom. The molecular weight excluding hydrogens is 326 g/mol. The van der Waals surface area contributed by atoms with E-state index in [1.807, 2.05) is 43.3 Å². The number of carbonyl (C=O) groups excluding carboxylic acids is 1. The summed E-state index contributed by atoms with van der Waals surface area (Å²) in [6, 6.07) is 15.8. The van der Waals surface area contributed by atoms with E-state index in [2.05, 4.69) is 30.9 Å². The minimum atomic E-state index is -0.221. The van der Waals surface area contributed by atoms with Gasteiger partial charge in [0.1, 0.15) is 12.4 Å². The molecule has 0 amide bonds. The van der Waals surface area contributed by atoms with Crippen molar-refractivity contribution in [2.75, 3.05) is 19.7 Å². The van der Waals surface area contributed by atoms with Crippen LogP contribution < -0.4 is 4.74 Å². The van der Waals surface area contributed by atoms with Gasteiger partial charge in [-0.15, -0.1) is 0 Å². The van der Waals surface area contributed by atoms with E-state index in [9.17, 15) is 4.79 Å². The fourth-order valence-electron chi connectivity index (χ4n) is 2.70. The van der Waals surface area contributed by atoms with Gasteiger partial charge in [-0.3, -0.25) is 9.69 Å². The van der Waals surface area contributed by atoms with Gasteiger partial charge in [0, 0.05) is 6.54 Å². The Morgan fingerprint density at radius 3 is 2.00 bits per heavy atom. The molecule has 0 radical (unpaired) electrons. The van der Waals surface area contributed by atoms with Crippen molar-refractivity contribution in [2.24, 2.45) is 0 Å². The summed E-state index contributed by atoms with van der Waals surface area (Å²) in [5.41, 5.74) is 3.21. The van der Waals surface area contributed by atoms with Gasteiger partial charge in [0.05, 0.1) is 13.0 Å². The SMILES string of the molecule is CCOc1ccc(CC(=O)OCc2ccc(CN(CC)CC)cc2)cc1. The number of benzene rings is 2. The molecule has 0 fully saturated rings. The summed E-state index contributed by atoms with van der Waals surface area (Å²) in [7, 11) is 0. The molecule has 4 nitrogen and oxygen atoms in total. The molecular formula is C22H29NO3. The molecule has 0 spiro atoms. The van der Waals surface area contributed by atoms with Crippen molar-refractivity contribution < 1.29 is 14.3 Å². The lowest BCUT2D eigenvalue weighted by molar-refractivity contribution is -0.144. The number of hydrogen-bond donors (Lipinski definition) is 0. The van der Waals surface area contributed by atoms with Crippen LogP contribution in [0.1, 0.15) is 37.5 Å². The van der Waals surface area contributed by atoms with Crippen LogP contribution in [-0.2, 0) is 29.1 Å². The Hall–Kier alpha value is -2.33. The highest BCUT2D eigenvalue weighted by Crippen LogP contribution is 2.13. The van der Waals surface area contributed by atoms with Crippen molar-refractivity contribution in [1.29, 1.82) is 0 Å². The maximum atomic E-state index is 12.0. The van der Waals surface area contributed by atoms with Gasteiger partial charge in [-0.1, -0.05) is 50.2 Å². The molecule has 0 heterocycles. The van der Waals surface area contributed by atoms with E-state index in [1.165, 1.54) is 5.56 Å². The lowest BCUT2D eigenvalue weighted by Gasteiger charge is -2.18. The van der Waals surface area contributed by atoms with Crippen molar-refractivity contribution >= 4 is 5.97 Å². The largest absolute Gasteiger partial charge is 0.494 e. The van der Waals surface area contributed by atoms with Crippen molar-refractivity contribution in [1.82, 2.24) is 4.90 Å². The van der Waals surface area contributed by atoms with Crippen LogP contribution in [0.4, 0.5) is 0 Å². The van der Waals surface area contributed by atoms with E-state index in [4.69, 9.17) is 9.47 Å². The van der Waals surface area contributed by atoms with Gasteiger partial charge in [-0.2, -0.15) is 0 Å². The van der Waals surface area contributed by atoms with Gasteiger partial charge < -0.3 is 9.47 Å². The topological polar surface area (TPSA) is 38.8 Å². The van der Waals surface area contributed by atoms with Gasteiger partial charge >= 0.3 is 5.97 Å². The van der Waals surface area contributed by atoms with E-state index in [0.29, 0.717) is 13.2 Å². The summed E-state index contributed by atoms with van der Waals surface area (Å²) >= 11 is 0. The second-order valence-corrected chi connectivity index (χ2v) is 6.19. The number of esters is 1. The zero-order chi connectivity index (χ0) is 18.8. The number of ether oxygens (including phenoxy) is 2. The van der Waals surface area contributed by atoms with Crippen LogP contribution in [0.25, 0.3) is 0 Å². The molecule has 0 saturated heterocycles. The Bertz CT molecular complexity index is 661. The first kappa shape index (κ1) is 20.0. The zero-order valence-corrected chi connectivity index (χ0v) is 16.0. The minimum absolute atomic E-state index is 0.221. The van der Waals surface area contributed by atoms with Gasteiger partial charge in [-0.05, 0) is 48.8 Å². The van der Waals surface area contributed by atoms with Gasteiger partial charge in [0.25, 0.3) is 0 Å². The van der Waals surface area contributed by atoms with Gasteiger partial charge in [0.15, 0.2) is 0 Å². The second kappa shape index (κ2) is 10.6. The smallest absolute Gasteiger partial charge is 0.310 e. The maximum Gasteiger partial charge on any atom is 0.310 e. The van der Waals surface area contributed by atoms with Crippen LogP contribution in [0.3, 0.4) is 0 Å². The van der Waals surface area contributed by atoms with Crippen LogP contribution in [0.2, 0.25) is 0 Å².